The van der Waals surface area contributed by atoms with Crippen molar-refractivity contribution < 1.29 is 40.6 Å². The van der Waals surface area contributed by atoms with Gasteiger partial charge in [-0.2, -0.15) is 32.1 Å². The maximum Gasteiger partial charge on any atom is 0.435 e. The number of hydrogen-bond donors (Lipinski definition) is 3. The van der Waals surface area contributed by atoms with E-state index in [9.17, 15) is 31.9 Å². The number of aryl methyl sites for hydroxylation is 1. The van der Waals surface area contributed by atoms with Crippen molar-refractivity contribution >= 4 is 16.8 Å². The van der Waals surface area contributed by atoms with Crippen LogP contribution in [-0.4, -0.2) is 41.6 Å². The number of rotatable bonds is 7. The van der Waals surface area contributed by atoms with Crippen molar-refractivity contribution in [3.8, 4) is 34.8 Å². The van der Waals surface area contributed by atoms with Gasteiger partial charge in [0.2, 0.25) is 5.91 Å². The van der Waals surface area contributed by atoms with Gasteiger partial charge in [0.15, 0.2) is 5.69 Å². The lowest BCUT2D eigenvalue weighted by Gasteiger charge is -2.24. The van der Waals surface area contributed by atoms with Crippen molar-refractivity contribution in [2.24, 2.45) is 5.92 Å². The molecular weight excluding hydrogens is 693 g/mol. The number of amides is 1. The lowest BCUT2D eigenvalue weighted by Crippen LogP contribution is -2.36. The van der Waals surface area contributed by atoms with Crippen LogP contribution in [0.5, 0.6) is 0 Å². The van der Waals surface area contributed by atoms with Gasteiger partial charge in [-0.3, -0.25) is 14.6 Å². The van der Waals surface area contributed by atoms with Gasteiger partial charge in [-0.25, -0.2) is 13.8 Å². The van der Waals surface area contributed by atoms with Gasteiger partial charge in [-0.1, -0.05) is 29.9 Å². The number of fused-ring (bicyclic) bond motifs is 4. The van der Waals surface area contributed by atoms with E-state index in [1.165, 1.54) is 13.8 Å². The molecule has 0 unspecified atom stereocenters. The molecular formula is C37H27F7N6O2. The number of hydrogen-bond acceptors (Lipinski definition) is 5. The van der Waals surface area contributed by atoms with Crippen molar-refractivity contribution in [1.82, 2.24) is 30.3 Å². The number of carbonyl (C=O) groups excluding carboxylic acids is 1. The Morgan fingerprint density at radius 3 is 2.48 bits per heavy atom. The molecule has 7 rings (SSSR count). The first-order chi connectivity index (χ1) is 24.4. The molecule has 0 spiro atoms. The third-order valence-electron chi connectivity index (χ3n) is 8.80. The molecule has 1 amide bonds. The van der Waals surface area contributed by atoms with Crippen LogP contribution in [0.15, 0.2) is 48.5 Å². The summed E-state index contributed by atoms with van der Waals surface area (Å²) < 4.78 is 102. The Balaban J connectivity index is 1.35. The fourth-order valence-corrected chi connectivity index (χ4v) is 6.65. The maximum absolute atomic E-state index is 15.4. The zero-order chi connectivity index (χ0) is 37.3. The van der Waals surface area contributed by atoms with Gasteiger partial charge in [0.1, 0.15) is 41.1 Å². The zero-order valence-electron chi connectivity index (χ0n) is 27.6. The quantitative estimate of drug-likeness (QED) is 0.132. The highest BCUT2D eigenvalue weighted by molar-refractivity contribution is 5.97. The minimum Gasteiger partial charge on any atom is -0.378 e. The number of aliphatic hydroxyl groups is 1. The zero-order valence-corrected chi connectivity index (χ0v) is 27.6. The number of aromatic amines is 1. The molecule has 15 heteroatoms. The summed E-state index contributed by atoms with van der Waals surface area (Å²) in [5, 5.41) is 24.2. The van der Waals surface area contributed by atoms with E-state index >= 15 is 8.78 Å². The van der Waals surface area contributed by atoms with Crippen LogP contribution < -0.4 is 5.32 Å². The third-order valence-corrected chi connectivity index (χ3v) is 8.80. The number of aromatic nitrogens is 5. The Morgan fingerprint density at radius 1 is 1.10 bits per heavy atom. The van der Waals surface area contributed by atoms with Crippen LogP contribution in [0.1, 0.15) is 65.4 Å². The molecule has 5 aromatic rings. The molecule has 0 bridgehead atoms. The Kier molecular flexibility index (Phi) is 8.18. The number of carbonyl (C=O) groups is 1. The molecule has 52 heavy (non-hydrogen) atoms. The predicted molar refractivity (Wildman–Crippen MR) is 173 cm³/mol. The Labute approximate surface area is 291 Å². The summed E-state index contributed by atoms with van der Waals surface area (Å²) in [6.45, 7) is 3.63. The minimum absolute atomic E-state index is 0.0702. The second kappa shape index (κ2) is 12.2. The van der Waals surface area contributed by atoms with E-state index in [2.05, 4.69) is 44.3 Å². The summed E-state index contributed by atoms with van der Waals surface area (Å²) in [6, 6.07) is 9.93. The van der Waals surface area contributed by atoms with Crippen molar-refractivity contribution in [3.63, 3.8) is 0 Å². The van der Waals surface area contributed by atoms with Gasteiger partial charge in [-0.05, 0) is 74.6 Å². The Hall–Kier alpha value is -5.67. The Morgan fingerprint density at radius 2 is 1.83 bits per heavy atom. The van der Waals surface area contributed by atoms with E-state index in [4.69, 9.17) is 4.98 Å². The molecule has 0 radical (unpaired) electrons. The molecule has 0 fully saturated rings. The van der Waals surface area contributed by atoms with Crippen molar-refractivity contribution in [3.05, 3.63) is 99.8 Å². The molecule has 2 aromatic carbocycles. The average Bonchev–Trinajstić information content (AvgIpc) is 3.63. The van der Waals surface area contributed by atoms with Gasteiger partial charge in [0.05, 0.1) is 23.2 Å². The molecule has 3 atom stereocenters. The monoisotopic (exact) mass is 720 g/mol. The lowest BCUT2D eigenvalue weighted by atomic mass is 9.84. The van der Waals surface area contributed by atoms with Gasteiger partial charge in [0, 0.05) is 28.3 Å². The highest BCUT2D eigenvalue weighted by Crippen LogP contribution is 2.58. The van der Waals surface area contributed by atoms with E-state index in [0.717, 1.165) is 12.1 Å². The Bertz CT molecular complexity index is 2380. The van der Waals surface area contributed by atoms with Crippen molar-refractivity contribution in [2.75, 3.05) is 0 Å². The normalized spacial score (nSPS) is 17.7. The second-order valence-corrected chi connectivity index (χ2v) is 13.2. The molecule has 3 heterocycles. The molecule has 0 saturated carbocycles. The van der Waals surface area contributed by atoms with Crippen LogP contribution in [0.2, 0.25) is 0 Å². The van der Waals surface area contributed by atoms with E-state index in [1.807, 2.05) is 0 Å². The van der Waals surface area contributed by atoms with Gasteiger partial charge >= 0.3 is 12.1 Å². The standard InChI is InChI=1S/C37H27F7N6O2/c1-18-30-23(5-4-6-27(30)48-47-18)24-8-7-22(11-12-35(2,3)52)45-32(24)28(15-19-13-20(38)16-21(39)14-19)46-29(51)17-50-34-31(33(49-50)37(42,43)44)25-9-10-26(25)36(34,40)41/h4-8,13-14,16,25-26,28,52H,15,17H2,1-3H3,(H,46,51)(H,47,48)/t25-,26+,28-/m0/s1. The van der Waals surface area contributed by atoms with Crippen molar-refractivity contribution in [1.29, 1.82) is 0 Å². The smallest absolute Gasteiger partial charge is 0.378 e. The lowest BCUT2D eigenvalue weighted by molar-refractivity contribution is -0.142. The van der Waals surface area contributed by atoms with Gasteiger partial charge < -0.3 is 10.4 Å². The summed E-state index contributed by atoms with van der Waals surface area (Å²) in [7, 11) is 0. The number of halogens is 7. The van der Waals surface area contributed by atoms with Gasteiger partial charge in [-0.15, -0.1) is 0 Å². The number of pyridine rings is 1. The first-order valence-electron chi connectivity index (χ1n) is 15.9. The molecule has 3 N–H and O–H groups in total. The molecule has 266 valence electrons. The molecule has 2 aliphatic carbocycles. The van der Waals surface area contributed by atoms with E-state index in [-0.39, 0.29) is 23.4 Å². The number of nitrogens with one attached hydrogen (secondary N) is 2. The van der Waals surface area contributed by atoms with Crippen LogP contribution in [0, 0.1) is 48.2 Å². The summed E-state index contributed by atoms with van der Waals surface area (Å²) in [4.78, 5) is 18.5. The highest BCUT2D eigenvalue weighted by Gasteiger charge is 2.62. The largest absolute Gasteiger partial charge is 0.435 e. The molecule has 2 aliphatic rings. The summed E-state index contributed by atoms with van der Waals surface area (Å²) >= 11 is 0. The van der Waals surface area contributed by atoms with Crippen LogP contribution in [0.4, 0.5) is 30.7 Å². The molecule has 0 saturated heterocycles. The fraction of sp³-hybridized carbons (Fsp3) is 0.297. The van der Waals surface area contributed by atoms with Gasteiger partial charge in [0.25, 0.3) is 0 Å². The van der Waals surface area contributed by atoms with Crippen LogP contribution in [-0.2, 0) is 29.9 Å². The molecule has 3 aromatic heterocycles. The predicted octanol–water partition coefficient (Wildman–Crippen LogP) is 6.47. The second-order valence-electron chi connectivity index (χ2n) is 13.2. The number of H-pyrrole nitrogens is 1. The number of benzene rings is 2. The number of alkyl halides is 5. The number of nitrogens with zero attached hydrogens (tertiary/aromatic N) is 4. The maximum atomic E-state index is 15.4. The van der Waals surface area contributed by atoms with Crippen LogP contribution >= 0.6 is 0 Å². The SMILES string of the molecule is Cc1[nH]nc2cccc(-c3ccc(C#CC(C)(C)O)nc3[C@H](Cc3cc(F)cc(F)c3)NC(=O)Cn3nc(C(F)(F)F)c4c3C(F)(F)[C@@H]3C#C[C@H]43)c12. The van der Waals surface area contributed by atoms with Crippen LogP contribution in [0.3, 0.4) is 0 Å². The summed E-state index contributed by atoms with van der Waals surface area (Å²) in [6.07, 6.45) is -5.41. The summed E-state index contributed by atoms with van der Waals surface area (Å²) in [5.74, 6) is 0.254. The van der Waals surface area contributed by atoms with E-state index in [0.29, 0.717) is 38.5 Å². The van der Waals surface area contributed by atoms with Crippen molar-refractivity contribution in [2.45, 2.75) is 63.4 Å². The first kappa shape index (κ1) is 34.8. The first-order valence-corrected chi connectivity index (χ1v) is 15.9. The average molecular weight is 721 g/mol. The minimum atomic E-state index is -5.10. The summed E-state index contributed by atoms with van der Waals surface area (Å²) in [5.41, 5.74) is -2.17. The third kappa shape index (κ3) is 6.26. The van der Waals surface area contributed by atoms with E-state index < -0.39 is 76.6 Å². The molecule has 0 aliphatic heterocycles. The molecule has 8 nitrogen and oxygen atoms in total. The highest BCUT2D eigenvalue weighted by atomic mass is 19.4. The van der Waals surface area contributed by atoms with E-state index in [1.54, 1.807) is 37.3 Å². The fourth-order valence-electron chi connectivity index (χ4n) is 6.65. The topological polar surface area (TPSA) is 109 Å². The van der Waals surface area contributed by atoms with Crippen LogP contribution in [0.25, 0.3) is 22.0 Å².